The largest absolute Gasteiger partial charge is 0.507 e. The number of phenolic OH excluding ortho intramolecular Hbond substituents is 1. The molecule has 0 fully saturated rings. The van der Waals surface area contributed by atoms with Crippen LogP contribution in [0.5, 0.6) is 5.75 Å². The van der Waals surface area contributed by atoms with Crippen LogP contribution in [-0.4, -0.2) is 5.11 Å². The molecule has 3 aromatic rings. The molecule has 0 radical (unpaired) electrons. The zero-order valence-corrected chi connectivity index (χ0v) is 13.5. The van der Waals surface area contributed by atoms with Crippen LogP contribution < -0.4 is 5.73 Å². The van der Waals surface area contributed by atoms with E-state index >= 15 is 0 Å². The van der Waals surface area contributed by atoms with E-state index in [-0.39, 0.29) is 5.75 Å². The Bertz CT molecular complexity index is 909. The summed E-state index contributed by atoms with van der Waals surface area (Å²) >= 11 is 0. The molecule has 0 unspecified atom stereocenters. The van der Waals surface area contributed by atoms with Crippen molar-refractivity contribution >= 4 is 27.8 Å². The van der Waals surface area contributed by atoms with E-state index in [0.29, 0.717) is 16.8 Å². The van der Waals surface area contributed by atoms with E-state index in [0.717, 1.165) is 27.8 Å². The Morgan fingerprint density at radius 3 is 2.13 bits per heavy atom. The molecular weight excluding hydrogens is 286 g/mol. The summed E-state index contributed by atoms with van der Waals surface area (Å²) in [5, 5.41) is 20.5. The summed E-state index contributed by atoms with van der Waals surface area (Å²) in [5.41, 5.74) is 11.1. The lowest BCUT2D eigenvalue weighted by Crippen LogP contribution is -1.91. The van der Waals surface area contributed by atoms with Gasteiger partial charge in [-0.25, -0.2) is 0 Å². The highest BCUT2D eigenvalue weighted by atomic mass is 16.3. The van der Waals surface area contributed by atoms with Crippen LogP contribution in [0.15, 0.2) is 52.7 Å². The van der Waals surface area contributed by atoms with Gasteiger partial charge in [-0.1, -0.05) is 30.3 Å². The maximum absolute atomic E-state index is 10.2. The van der Waals surface area contributed by atoms with Crippen LogP contribution in [0.1, 0.15) is 16.7 Å². The van der Waals surface area contributed by atoms with Crippen molar-refractivity contribution in [2.45, 2.75) is 20.8 Å². The van der Waals surface area contributed by atoms with Gasteiger partial charge in [0.15, 0.2) is 0 Å². The molecule has 0 aliphatic heterocycles. The zero-order valence-electron chi connectivity index (χ0n) is 13.5. The fourth-order valence-corrected chi connectivity index (χ4v) is 2.74. The number of nitrogen functional groups attached to an aromatic ring is 1. The molecule has 0 saturated heterocycles. The third-order valence-electron chi connectivity index (χ3n) is 4.05. The highest BCUT2D eigenvalue weighted by Gasteiger charge is 2.12. The van der Waals surface area contributed by atoms with E-state index < -0.39 is 0 Å². The van der Waals surface area contributed by atoms with E-state index in [1.54, 1.807) is 12.1 Å². The molecule has 3 rings (SSSR count). The van der Waals surface area contributed by atoms with E-state index in [4.69, 9.17) is 5.73 Å². The van der Waals surface area contributed by atoms with Crippen molar-refractivity contribution in [3.8, 4) is 5.75 Å². The first-order valence-corrected chi connectivity index (χ1v) is 7.47. The van der Waals surface area contributed by atoms with Gasteiger partial charge in [0, 0.05) is 0 Å². The van der Waals surface area contributed by atoms with Gasteiger partial charge in [-0.05, 0) is 55.0 Å². The topological polar surface area (TPSA) is 71.0 Å². The minimum atomic E-state index is 0.157. The molecule has 0 atom stereocenters. The maximum Gasteiger partial charge on any atom is 0.125 e. The molecule has 116 valence electrons. The summed E-state index contributed by atoms with van der Waals surface area (Å²) in [7, 11) is 0. The Labute approximate surface area is 135 Å². The Morgan fingerprint density at radius 1 is 0.826 bits per heavy atom. The lowest BCUT2D eigenvalue weighted by atomic mass is 10.0. The van der Waals surface area contributed by atoms with E-state index in [2.05, 4.69) is 10.2 Å². The van der Waals surface area contributed by atoms with Crippen LogP contribution in [-0.2, 0) is 0 Å². The average Bonchev–Trinajstić information content (AvgIpc) is 2.50. The van der Waals surface area contributed by atoms with Crippen LogP contribution in [0.2, 0.25) is 0 Å². The van der Waals surface area contributed by atoms with Gasteiger partial charge in [0.05, 0.1) is 16.8 Å². The van der Waals surface area contributed by atoms with Gasteiger partial charge in [-0.3, -0.25) is 0 Å². The van der Waals surface area contributed by atoms with Crippen molar-refractivity contribution in [1.29, 1.82) is 0 Å². The molecule has 0 aromatic heterocycles. The number of nitrogens with two attached hydrogens (primary N) is 1. The number of phenols is 1. The molecule has 0 saturated carbocycles. The van der Waals surface area contributed by atoms with Gasteiger partial charge >= 0.3 is 0 Å². The second-order valence-electron chi connectivity index (χ2n) is 5.77. The number of hydrogen-bond acceptors (Lipinski definition) is 4. The normalized spacial score (nSPS) is 11.4. The molecule has 4 heteroatoms. The summed E-state index contributed by atoms with van der Waals surface area (Å²) in [6.07, 6.45) is 0. The molecule has 0 heterocycles. The number of aryl methyl sites for hydroxylation is 3. The van der Waals surface area contributed by atoms with Crippen molar-refractivity contribution in [2.24, 2.45) is 10.2 Å². The first-order valence-electron chi connectivity index (χ1n) is 7.47. The molecule has 4 nitrogen and oxygen atoms in total. The van der Waals surface area contributed by atoms with Crippen LogP contribution >= 0.6 is 0 Å². The number of hydrogen-bond donors (Lipinski definition) is 2. The lowest BCUT2D eigenvalue weighted by molar-refractivity contribution is 0.482. The van der Waals surface area contributed by atoms with Crippen molar-refractivity contribution in [3.63, 3.8) is 0 Å². The highest BCUT2D eigenvalue weighted by molar-refractivity contribution is 6.03. The summed E-state index contributed by atoms with van der Waals surface area (Å²) in [6, 6.07) is 13.3. The number of benzene rings is 3. The molecule has 3 N–H and O–H groups in total. The quantitative estimate of drug-likeness (QED) is 0.487. The molecule has 23 heavy (non-hydrogen) atoms. The Balaban J connectivity index is 2.24. The Morgan fingerprint density at radius 2 is 1.43 bits per heavy atom. The molecule has 0 spiro atoms. The molecule has 0 amide bonds. The monoisotopic (exact) mass is 305 g/mol. The van der Waals surface area contributed by atoms with Gasteiger partial charge in [0.2, 0.25) is 0 Å². The number of anilines is 1. The van der Waals surface area contributed by atoms with Crippen LogP contribution in [0, 0.1) is 20.8 Å². The zero-order chi connectivity index (χ0) is 16.6. The van der Waals surface area contributed by atoms with Gasteiger partial charge in [-0.2, -0.15) is 0 Å². The molecule has 3 aromatic carbocycles. The summed E-state index contributed by atoms with van der Waals surface area (Å²) < 4.78 is 0. The molecule has 0 aliphatic rings. The standard InChI is InChI=1S/C19H19N3O/c1-11-6-4-7-12(2)18(11)21-22-19-16-14(8-5-9-15(16)23)10-13(3)17(19)20/h4-10,23H,20H2,1-3H3. The van der Waals surface area contributed by atoms with Gasteiger partial charge in [0.1, 0.15) is 11.4 Å². The van der Waals surface area contributed by atoms with Crippen molar-refractivity contribution < 1.29 is 5.11 Å². The van der Waals surface area contributed by atoms with Crippen LogP contribution in [0.3, 0.4) is 0 Å². The highest BCUT2D eigenvalue weighted by Crippen LogP contribution is 2.40. The number of azo groups is 1. The SMILES string of the molecule is Cc1cc2cccc(O)c2c(N=Nc2c(C)cccc2C)c1N. The number of rotatable bonds is 2. The smallest absolute Gasteiger partial charge is 0.125 e. The predicted octanol–water partition coefficient (Wildman–Crippen LogP) is 5.47. The van der Waals surface area contributed by atoms with Gasteiger partial charge in [0.25, 0.3) is 0 Å². The fraction of sp³-hybridized carbons (Fsp3) is 0.158. The first kappa shape index (κ1) is 15.0. The van der Waals surface area contributed by atoms with Gasteiger partial charge in [-0.15, -0.1) is 10.2 Å². The average molecular weight is 305 g/mol. The maximum atomic E-state index is 10.2. The Kier molecular flexibility index (Phi) is 3.74. The van der Waals surface area contributed by atoms with E-state index in [9.17, 15) is 5.11 Å². The molecule has 0 bridgehead atoms. The lowest BCUT2D eigenvalue weighted by Gasteiger charge is -2.10. The number of aromatic hydroxyl groups is 1. The summed E-state index contributed by atoms with van der Waals surface area (Å²) in [5.74, 6) is 0.157. The van der Waals surface area contributed by atoms with Gasteiger partial charge < -0.3 is 10.8 Å². The van der Waals surface area contributed by atoms with E-state index in [1.807, 2.05) is 51.1 Å². The van der Waals surface area contributed by atoms with Crippen molar-refractivity contribution in [2.75, 3.05) is 5.73 Å². The number of fused-ring (bicyclic) bond motifs is 1. The summed E-state index contributed by atoms with van der Waals surface area (Å²) in [6.45, 7) is 5.92. The van der Waals surface area contributed by atoms with Crippen molar-refractivity contribution in [1.82, 2.24) is 0 Å². The fourth-order valence-electron chi connectivity index (χ4n) is 2.74. The predicted molar refractivity (Wildman–Crippen MR) is 94.9 cm³/mol. The second-order valence-corrected chi connectivity index (χ2v) is 5.77. The molecular formula is C19H19N3O. The minimum Gasteiger partial charge on any atom is -0.507 e. The Hall–Kier alpha value is -2.88. The second kappa shape index (κ2) is 5.72. The van der Waals surface area contributed by atoms with Crippen LogP contribution in [0.25, 0.3) is 10.8 Å². The number of nitrogens with zero attached hydrogens (tertiary/aromatic N) is 2. The first-order chi connectivity index (χ1) is 11.0. The third kappa shape index (κ3) is 2.63. The minimum absolute atomic E-state index is 0.157. The summed E-state index contributed by atoms with van der Waals surface area (Å²) in [4.78, 5) is 0. The third-order valence-corrected chi connectivity index (χ3v) is 4.05. The van der Waals surface area contributed by atoms with E-state index in [1.165, 1.54) is 0 Å². The van der Waals surface area contributed by atoms with Crippen molar-refractivity contribution in [3.05, 3.63) is 59.2 Å². The van der Waals surface area contributed by atoms with Crippen LogP contribution in [0.4, 0.5) is 17.1 Å². The molecule has 0 aliphatic carbocycles.